The number of ether oxygens (including phenoxy) is 4. The molecule has 0 amide bonds. The largest absolute Gasteiger partial charge is 0.469 e. The first-order valence-electron chi connectivity index (χ1n) is 10.4. The second kappa shape index (κ2) is 12.1. The van der Waals surface area contributed by atoms with Gasteiger partial charge in [0.2, 0.25) is 0 Å². The zero-order valence-corrected chi connectivity index (χ0v) is 22.1. The Balaban J connectivity index is 2.01. The molecule has 0 N–H and O–H groups in total. The fourth-order valence-electron chi connectivity index (χ4n) is 3.40. The molecule has 3 aromatic heterocycles. The quantitative estimate of drug-likeness (QED) is 0.282. The van der Waals surface area contributed by atoms with Gasteiger partial charge in [-0.2, -0.15) is 0 Å². The van der Waals surface area contributed by atoms with E-state index in [1.807, 2.05) is 22.9 Å². The van der Waals surface area contributed by atoms with Crippen LogP contribution in [0.15, 0.2) is 22.9 Å². The Kier molecular flexibility index (Phi) is 9.19. The Morgan fingerprint density at radius 3 is 1.29 bits per heavy atom. The molecular weight excluding hydrogens is 512 g/mol. The molecule has 3 rings (SSSR count). The molecule has 0 aliphatic carbocycles. The van der Waals surface area contributed by atoms with E-state index in [2.05, 4.69) is 0 Å². The molecule has 35 heavy (non-hydrogen) atoms. The highest BCUT2D eigenvalue weighted by atomic mass is 32.1. The number of methoxy groups -OCH3 is 4. The molecule has 0 aliphatic heterocycles. The Labute approximate surface area is 214 Å². The van der Waals surface area contributed by atoms with Gasteiger partial charge in [-0.25, -0.2) is 0 Å². The van der Waals surface area contributed by atoms with E-state index >= 15 is 0 Å². The van der Waals surface area contributed by atoms with Crippen molar-refractivity contribution < 1.29 is 38.1 Å². The molecule has 0 unspecified atom stereocenters. The van der Waals surface area contributed by atoms with Gasteiger partial charge in [-0.05, 0) is 45.1 Å². The highest BCUT2D eigenvalue weighted by Crippen LogP contribution is 2.44. The monoisotopic (exact) mass is 536 g/mol. The molecule has 0 spiro atoms. The predicted molar refractivity (Wildman–Crippen MR) is 134 cm³/mol. The summed E-state index contributed by atoms with van der Waals surface area (Å²) in [5.41, 5.74) is 2.90. The van der Waals surface area contributed by atoms with Crippen LogP contribution in [0, 0.1) is 0 Å². The van der Waals surface area contributed by atoms with Crippen LogP contribution in [0.25, 0.3) is 19.5 Å². The fourth-order valence-corrected chi connectivity index (χ4v) is 6.91. The number of thiophene rings is 3. The van der Waals surface area contributed by atoms with Crippen molar-refractivity contribution in [3.8, 4) is 19.5 Å². The Morgan fingerprint density at radius 1 is 0.600 bits per heavy atom. The van der Waals surface area contributed by atoms with Gasteiger partial charge >= 0.3 is 23.9 Å². The average Bonchev–Trinajstić information content (AvgIpc) is 3.58. The summed E-state index contributed by atoms with van der Waals surface area (Å²) in [5.74, 6) is -1.59. The Morgan fingerprint density at radius 2 is 0.943 bits per heavy atom. The molecule has 0 radical (unpaired) electrons. The van der Waals surface area contributed by atoms with E-state index in [1.54, 1.807) is 0 Å². The fraction of sp³-hybridized carbons (Fsp3) is 0.333. The topological polar surface area (TPSA) is 105 Å². The highest BCUT2D eigenvalue weighted by Gasteiger charge is 2.23. The van der Waals surface area contributed by atoms with Crippen LogP contribution in [0.5, 0.6) is 0 Å². The summed E-state index contributed by atoms with van der Waals surface area (Å²) in [4.78, 5) is 51.5. The lowest BCUT2D eigenvalue weighted by atomic mass is 10.0. The summed E-state index contributed by atoms with van der Waals surface area (Å²) in [5, 5.41) is 3.71. The standard InChI is InChI=1S/C24H24O8S3/c1-29-19(25)7-13-11-33-23(15(13)9-21(27)31-3)17-5-6-18(35-17)24-16(10-22(28)32-4)14(12-34-24)8-20(26)30-2/h5-6,11-12H,7-10H2,1-4H3. The lowest BCUT2D eigenvalue weighted by molar-refractivity contribution is -0.141. The SMILES string of the molecule is COC(=O)Cc1csc(-c2ccc(-c3scc(CC(=O)OC)c3CC(=O)OC)s2)c1CC(=O)OC. The lowest BCUT2D eigenvalue weighted by Gasteiger charge is -2.06. The third-order valence-electron chi connectivity index (χ3n) is 5.24. The van der Waals surface area contributed by atoms with Crippen LogP contribution in [-0.4, -0.2) is 52.3 Å². The van der Waals surface area contributed by atoms with E-state index in [1.165, 1.54) is 62.4 Å². The summed E-state index contributed by atoms with van der Waals surface area (Å²) in [6.07, 6.45) is 0.181. The third-order valence-corrected chi connectivity index (χ3v) is 8.82. The van der Waals surface area contributed by atoms with E-state index in [-0.39, 0.29) is 25.7 Å². The van der Waals surface area contributed by atoms with Gasteiger partial charge in [-0.15, -0.1) is 34.0 Å². The maximum Gasteiger partial charge on any atom is 0.310 e. The van der Waals surface area contributed by atoms with Crippen molar-refractivity contribution in [2.45, 2.75) is 25.7 Å². The van der Waals surface area contributed by atoms with Gasteiger partial charge in [0.25, 0.3) is 0 Å². The average molecular weight is 537 g/mol. The minimum absolute atomic E-state index is 0.0325. The van der Waals surface area contributed by atoms with Gasteiger partial charge in [0.15, 0.2) is 0 Å². The van der Waals surface area contributed by atoms with Crippen molar-refractivity contribution in [1.29, 1.82) is 0 Å². The van der Waals surface area contributed by atoms with Crippen molar-refractivity contribution >= 4 is 57.9 Å². The number of esters is 4. The summed E-state index contributed by atoms with van der Waals surface area (Å²) in [7, 11) is 5.29. The van der Waals surface area contributed by atoms with Gasteiger partial charge in [-0.3, -0.25) is 19.2 Å². The number of hydrogen-bond donors (Lipinski definition) is 0. The van der Waals surface area contributed by atoms with Gasteiger partial charge in [-0.1, -0.05) is 0 Å². The highest BCUT2D eigenvalue weighted by molar-refractivity contribution is 7.26. The number of rotatable bonds is 10. The van der Waals surface area contributed by atoms with E-state index in [9.17, 15) is 19.2 Å². The van der Waals surface area contributed by atoms with Crippen LogP contribution < -0.4 is 0 Å². The molecule has 0 aromatic carbocycles. The van der Waals surface area contributed by atoms with E-state index in [0.29, 0.717) is 0 Å². The maximum absolute atomic E-state index is 12.1. The number of carbonyl (C=O) groups is 4. The zero-order chi connectivity index (χ0) is 25.5. The van der Waals surface area contributed by atoms with Gasteiger partial charge < -0.3 is 18.9 Å². The second-order valence-corrected chi connectivity index (χ2v) is 10.2. The smallest absolute Gasteiger partial charge is 0.310 e. The molecule has 0 atom stereocenters. The minimum Gasteiger partial charge on any atom is -0.469 e. The van der Waals surface area contributed by atoms with E-state index in [4.69, 9.17) is 18.9 Å². The maximum atomic E-state index is 12.1. The molecule has 186 valence electrons. The Bertz CT molecular complexity index is 1140. The lowest BCUT2D eigenvalue weighted by Crippen LogP contribution is -2.10. The van der Waals surface area contributed by atoms with E-state index in [0.717, 1.165) is 41.8 Å². The zero-order valence-electron chi connectivity index (χ0n) is 19.6. The molecule has 8 nitrogen and oxygen atoms in total. The summed E-state index contributed by atoms with van der Waals surface area (Å²) < 4.78 is 19.3. The van der Waals surface area contributed by atoms with Crippen molar-refractivity contribution in [2.24, 2.45) is 0 Å². The number of hydrogen-bond acceptors (Lipinski definition) is 11. The van der Waals surface area contributed by atoms with E-state index < -0.39 is 23.9 Å². The summed E-state index contributed by atoms with van der Waals surface area (Å²) in [6, 6.07) is 3.88. The van der Waals surface area contributed by atoms with Crippen LogP contribution in [0.2, 0.25) is 0 Å². The first kappa shape index (κ1) is 26.6. The molecule has 0 aliphatic rings. The van der Waals surface area contributed by atoms with Crippen LogP contribution in [0.1, 0.15) is 22.3 Å². The van der Waals surface area contributed by atoms with Crippen molar-refractivity contribution in [3.63, 3.8) is 0 Å². The summed E-state index contributed by atoms with van der Waals surface area (Å²) in [6.45, 7) is 0. The van der Waals surface area contributed by atoms with Gasteiger partial charge in [0, 0.05) is 19.5 Å². The third kappa shape index (κ3) is 6.36. The van der Waals surface area contributed by atoms with Crippen molar-refractivity contribution in [3.05, 3.63) is 45.1 Å². The molecule has 0 saturated heterocycles. The molecule has 3 heterocycles. The molecule has 3 aromatic rings. The minimum atomic E-state index is -0.404. The predicted octanol–water partition coefficient (Wildman–Crippen LogP) is 4.07. The van der Waals surface area contributed by atoms with Gasteiger partial charge in [0.05, 0.1) is 54.1 Å². The van der Waals surface area contributed by atoms with Gasteiger partial charge in [0.1, 0.15) is 0 Å². The van der Waals surface area contributed by atoms with Crippen LogP contribution in [0.4, 0.5) is 0 Å². The first-order valence-corrected chi connectivity index (χ1v) is 12.9. The molecule has 11 heteroatoms. The first-order chi connectivity index (χ1) is 16.8. The second-order valence-electron chi connectivity index (χ2n) is 7.31. The Hall–Kier alpha value is -3.02. The number of carbonyl (C=O) groups excluding carboxylic acids is 4. The van der Waals surface area contributed by atoms with Crippen LogP contribution >= 0.6 is 34.0 Å². The molecular formula is C24H24O8S3. The van der Waals surface area contributed by atoms with Crippen LogP contribution in [0.3, 0.4) is 0 Å². The normalized spacial score (nSPS) is 10.6. The molecule has 0 bridgehead atoms. The summed E-state index contributed by atoms with van der Waals surface area (Å²) >= 11 is 4.38. The van der Waals surface area contributed by atoms with Crippen LogP contribution in [-0.2, 0) is 63.8 Å². The molecule has 0 saturated carbocycles. The molecule has 0 fully saturated rings. The van der Waals surface area contributed by atoms with Crippen molar-refractivity contribution in [2.75, 3.05) is 28.4 Å². The van der Waals surface area contributed by atoms with Crippen molar-refractivity contribution in [1.82, 2.24) is 0 Å².